The molecule has 0 spiro atoms. The van der Waals surface area contributed by atoms with E-state index >= 15 is 0 Å². The summed E-state index contributed by atoms with van der Waals surface area (Å²) in [4.78, 5) is 13.6. The topological polar surface area (TPSA) is 45.7 Å². The lowest BCUT2D eigenvalue weighted by molar-refractivity contribution is -0.675. The molecule has 3 aromatic rings. The highest BCUT2D eigenvalue weighted by molar-refractivity contribution is 7.10. The van der Waals surface area contributed by atoms with Crippen LogP contribution in [0, 0.1) is 0 Å². The summed E-state index contributed by atoms with van der Waals surface area (Å²) in [6, 6.07) is 22.7. The quantitative estimate of drug-likeness (QED) is 0.649. The number of para-hydroxylation sites is 1. The van der Waals surface area contributed by atoms with Gasteiger partial charge in [-0.15, -0.1) is 11.3 Å². The number of hydrogen-bond donors (Lipinski definition) is 2. The van der Waals surface area contributed by atoms with Gasteiger partial charge in [0.15, 0.2) is 6.54 Å². The summed E-state index contributed by atoms with van der Waals surface area (Å²) in [6.07, 6.45) is 0. The molecule has 2 aromatic carbocycles. The van der Waals surface area contributed by atoms with Gasteiger partial charge in [-0.2, -0.15) is 0 Å². The van der Waals surface area contributed by atoms with Crippen LogP contribution in [0.1, 0.15) is 41.8 Å². The second kappa shape index (κ2) is 8.79. The second-order valence-electron chi connectivity index (χ2n) is 6.67. The number of thiophene rings is 1. The van der Waals surface area contributed by atoms with Crippen molar-refractivity contribution in [1.82, 2.24) is 0 Å². The minimum atomic E-state index is 0.0107. The fourth-order valence-electron chi connectivity index (χ4n) is 2.93. The lowest BCUT2D eigenvalue weighted by Crippen LogP contribution is -2.87. The highest BCUT2D eigenvalue weighted by Gasteiger charge is 2.20. The van der Waals surface area contributed by atoms with E-state index in [2.05, 4.69) is 66.3 Å². The van der Waals surface area contributed by atoms with Gasteiger partial charge in [0.1, 0.15) is 6.04 Å². The molecule has 0 unspecified atom stereocenters. The molecule has 1 heterocycles. The van der Waals surface area contributed by atoms with Crippen LogP contribution in [0.2, 0.25) is 0 Å². The highest BCUT2D eigenvalue weighted by atomic mass is 32.1. The predicted molar refractivity (Wildman–Crippen MR) is 109 cm³/mol. The first kappa shape index (κ1) is 18.4. The van der Waals surface area contributed by atoms with Crippen molar-refractivity contribution in [3.8, 4) is 0 Å². The number of quaternary nitrogens is 1. The zero-order valence-electron chi connectivity index (χ0n) is 15.2. The number of benzene rings is 2. The Morgan fingerprint density at radius 2 is 1.65 bits per heavy atom. The Labute approximate surface area is 159 Å². The standard InChI is InChI=1S/C22H24N2OS/c1-16(2)17-10-12-18(13-11-17)22(20-9-6-14-26-20)23-15-21(25)24-19-7-4-3-5-8-19/h3-14,16,22-23H,15H2,1-2H3,(H,24,25)/p+1/t22-/m0/s1. The molecular formula is C22H25N2OS+. The molecule has 0 aliphatic rings. The van der Waals surface area contributed by atoms with Gasteiger partial charge in [0, 0.05) is 11.3 Å². The molecular weight excluding hydrogens is 340 g/mol. The zero-order valence-corrected chi connectivity index (χ0v) is 16.0. The first-order valence-electron chi connectivity index (χ1n) is 8.95. The van der Waals surface area contributed by atoms with Crippen LogP contribution in [-0.4, -0.2) is 12.5 Å². The zero-order chi connectivity index (χ0) is 18.4. The Kier molecular flexibility index (Phi) is 6.21. The molecule has 0 saturated heterocycles. The molecule has 0 aliphatic carbocycles. The van der Waals surface area contributed by atoms with Crippen LogP contribution in [0.25, 0.3) is 0 Å². The normalized spacial score (nSPS) is 12.1. The first-order chi connectivity index (χ1) is 12.6. The fraction of sp³-hybridized carbons (Fsp3) is 0.227. The van der Waals surface area contributed by atoms with E-state index in [1.165, 1.54) is 16.0 Å². The number of rotatable bonds is 7. The number of carbonyl (C=O) groups is 1. The van der Waals surface area contributed by atoms with E-state index < -0.39 is 0 Å². The smallest absolute Gasteiger partial charge is 0.279 e. The second-order valence-corrected chi connectivity index (χ2v) is 7.65. The van der Waals surface area contributed by atoms with Crippen LogP contribution < -0.4 is 10.6 Å². The molecule has 1 amide bonds. The van der Waals surface area contributed by atoms with E-state index in [1.807, 2.05) is 30.3 Å². The summed E-state index contributed by atoms with van der Waals surface area (Å²) >= 11 is 1.73. The molecule has 0 fully saturated rings. The van der Waals surface area contributed by atoms with E-state index in [0.717, 1.165) is 5.69 Å². The minimum absolute atomic E-state index is 0.0107. The SMILES string of the molecule is CC(C)c1ccc([C@H]([NH2+]CC(=O)Nc2ccccc2)c2cccs2)cc1. The number of hydrogen-bond acceptors (Lipinski definition) is 2. The molecule has 1 atom stereocenters. The van der Waals surface area contributed by atoms with E-state index in [-0.39, 0.29) is 11.9 Å². The van der Waals surface area contributed by atoms with Crippen molar-refractivity contribution in [1.29, 1.82) is 0 Å². The average molecular weight is 366 g/mol. The molecule has 26 heavy (non-hydrogen) atoms. The maximum absolute atomic E-state index is 12.3. The van der Waals surface area contributed by atoms with Crippen molar-refractivity contribution in [2.45, 2.75) is 25.8 Å². The lowest BCUT2D eigenvalue weighted by atomic mass is 9.98. The third kappa shape index (κ3) is 4.81. The number of carbonyl (C=O) groups excluding carboxylic acids is 1. The number of nitrogens with one attached hydrogen (secondary N) is 1. The Balaban J connectivity index is 1.70. The monoisotopic (exact) mass is 365 g/mol. The van der Waals surface area contributed by atoms with Crippen molar-refractivity contribution in [3.05, 3.63) is 88.1 Å². The maximum Gasteiger partial charge on any atom is 0.279 e. The van der Waals surface area contributed by atoms with Gasteiger partial charge in [-0.3, -0.25) is 4.79 Å². The van der Waals surface area contributed by atoms with Gasteiger partial charge in [-0.05, 0) is 35.1 Å². The maximum atomic E-state index is 12.3. The number of amides is 1. The summed E-state index contributed by atoms with van der Waals surface area (Å²) in [6.45, 7) is 4.78. The third-order valence-electron chi connectivity index (χ3n) is 4.41. The van der Waals surface area contributed by atoms with E-state index in [0.29, 0.717) is 12.5 Å². The van der Waals surface area contributed by atoms with E-state index in [1.54, 1.807) is 11.3 Å². The molecule has 1 aromatic heterocycles. The average Bonchev–Trinajstić information content (AvgIpc) is 3.17. The van der Waals surface area contributed by atoms with Crippen molar-refractivity contribution in [2.24, 2.45) is 0 Å². The molecule has 3 N–H and O–H groups in total. The first-order valence-corrected chi connectivity index (χ1v) is 9.83. The van der Waals surface area contributed by atoms with E-state index in [4.69, 9.17) is 0 Å². The van der Waals surface area contributed by atoms with Crippen LogP contribution in [-0.2, 0) is 4.79 Å². The van der Waals surface area contributed by atoms with Crippen molar-refractivity contribution in [2.75, 3.05) is 11.9 Å². The lowest BCUT2D eigenvalue weighted by Gasteiger charge is -2.16. The number of anilines is 1. The molecule has 0 aliphatic heterocycles. The third-order valence-corrected chi connectivity index (χ3v) is 5.36. The fourth-order valence-corrected chi connectivity index (χ4v) is 3.78. The molecule has 3 rings (SSSR count). The van der Waals surface area contributed by atoms with Crippen molar-refractivity contribution in [3.63, 3.8) is 0 Å². The summed E-state index contributed by atoms with van der Waals surface area (Å²) in [5.41, 5.74) is 3.39. The molecule has 3 nitrogen and oxygen atoms in total. The Bertz CT molecular complexity index is 811. The van der Waals surface area contributed by atoms with Gasteiger partial charge in [-0.1, -0.05) is 62.4 Å². The van der Waals surface area contributed by atoms with Gasteiger partial charge in [0.2, 0.25) is 0 Å². The van der Waals surface area contributed by atoms with Gasteiger partial charge in [0.05, 0.1) is 4.88 Å². The summed E-state index contributed by atoms with van der Waals surface area (Å²) in [5, 5.41) is 7.14. The molecule has 4 heteroatoms. The highest BCUT2D eigenvalue weighted by Crippen LogP contribution is 2.24. The van der Waals surface area contributed by atoms with Crippen LogP contribution >= 0.6 is 11.3 Å². The molecule has 0 bridgehead atoms. The Hall–Kier alpha value is -2.43. The Morgan fingerprint density at radius 1 is 0.962 bits per heavy atom. The number of nitrogens with two attached hydrogens (primary N) is 1. The van der Waals surface area contributed by atoms with Gasteiger partial charge >= 0.3 is 0 Å². The molecule has 0 radical (unpaired) electrons. The minimum Gasteiger partial charge on any atom is -0.328 e. The van der Waals surface area contributed by atoms with Crippen LogP contribution in [0.3, 0.4) is 0 Å². The molecule has 134 valence electrons. The van der Waals surface area contributed by atoms with Crippen LogP contribution in [0.4, 0.5) is 5.69 Å². The summed E-state index contributed by atoms with van der Waals surface area (Å²) < 4.78 is 0. The van der Waals surface area contributed by atoms with Crippen molar-refractivity contribution >= 4 is 22.9 Å². The van der Waals surface area contributed by atoms with E-state index in [9.17, 15) is 4.79 Å². The van der Waals surface area contributed by atoms with Crippen LogP contribution in [0.5, 0.6) is 0 Å². The largest absolute Gasteiger partial charge is 0.328 e. The predicted octanol–water partition coefficient (Wildman–Crippen LogP) is 4.16. The van der Waals surface area contributed by atoms with Crippen LogP contribution in [0.15, 0.2) is 72.1 Å². The van der Waals surface area contributed by atoms with Gasteiger partial charge < -0.3 is 10.6 Å². The summed E-state index contributed by atoms with van der Waals surface area (Å²) in [5.74, 6) is 0.529. The summed E-state index contributed by atoms with van der Waals surface area (Å²) in [7, 11) is 0. The van der Waals surface area contributed by atoms with Gasteiger partial charge in [-0.25, -0.2) is 0 Å². The van der Waals surface area contributed by atoms with Crippen molar-refractivity contribution < 1.29 is 10.1 Å². The Morgan fingerprint density at radius 3 is 2.27 bits per heavy atom. The van der Waals surface area contributed by atoms with Gasteiger partial charge in [0.25, 0.3) is 5.91 Å². The molecule has 0 saturated carbocycles.